The number of rotatable bonds is 3. The SMILES string of the molecule is C=C(N(C)C)C1(C=O)CC1. The van der Waals surface area contributed by atoms with Crippen LogP contribution in [0.5, 0.6) is 0 Å². The molecule has 0 atom stereocenters. The highest BCUT2D eigenvalue weighted by atomic mass is 16.1. The van der Waals surface area contributed by atoms with Crippen LogP contribution in [0, 0.1) is 5.41 Å². The maximum Gasteiger partial charge on any atom is 0.131 e. The molecule has 56 valence electrons. The zero-order valence-corrected chi connectivity index (χ0v) is 6.55. The van der Waals surface area contributed by atoms with Crippen molar-refractivity contribution in [1.82, 2.24) is 4.90 Å². The van der Waals surface area contributed by atoms with E-state index >= 15 is 0 Å². The van der Waals surface area contributed by atoms with Gasteiger partial charge in [0.05, 0.1) is 5.41 Å². The van der Waals surface area contributed by atoms with Gasteiger partial charge in [0.2, 0.25) is 0 Å². The van der Waals surface area contributed by atoms with Crippen molar-refractivity contribution in [2.24, 2.45) is 5.41 Å². The van der Waals surface area contributed by atoms with Crippen LogP contribution in [0.25, 0.3) is 0 Å². The van der Waals surface area contributed by atoms with Gasteiger partial charge in [-0.25, -0.2) is 0 Å². The number of carbonyl (C=O) groups is 1. The van der Waals surface area contributed by atoms with E-state index in [1.54, 1.807) is 0 Å². The van der Waals surface area contributed by atoms with Gasteiger partial charge in [-0.05, 0) is 12.8 Å². The minimum Gasteiger partial charge on any atom is -0.381 e. The summed E-state index contributed by atoms with van der Waals surface area (Å²) >= 11 is 0. The summed E-state index contributed by atoms with van der Waals surface area (Å²) in [7, 11) is 3.85. The first-order chi connectivity index (χ1) is 4.62. The highest BCUT2D eigenvalue weighted by Crippen LogP contribution is 2.49. The molecule has 2 heteroatoms. The van der Waals surface area contributed by atoms with Gasteiger partial charge in [-0.15, -0.1) is 0 Å². The Morgan fingerprint density at radius 3 is 2.20 bits per heavy atom. The van der Waals surface area contributed by atoms with E-state index in [0.29, 0.717) is 0 Å². The number of hydrogen-bond acceptors (Lipinski definition) is 2. The highest BCUT2D eigenvalue weighted by Gasteiger charge is 2.46. The van der Waals surface area contributed by atoms with Crippen LogP contribution in [0.1, 0.15) is 12.8 Å². The van der Waals surface area contributed by atoms with Gasteiger partial charge in [0, 0.05) is 19.8 Å². The van der Waals surface area contributed by atoms with Crippen molar-refractivity contribution < 1.29 is 4.79 Å². The lowest BCUT2D eigenvalue weighted by Gasteiger charge is -2.19. The van der Waals surface area contributed by atoms with Gasteiger partial charge in [-0.1, -0.05) is 6.58 Å². The summed E-state index contributed by atoms with van der Waals surface area (Å²) in [4.78, 5) is 12.5. The second-order valence-electron chi connectivity index (χ2n) is 3.12. The van der Waals surface area contributed by atoms with Crippen molar-refractivity contribution in [3.63, 3.8) is 0 Å². The van der Waals surface area contributed by atoms with E-state index in [9.17, 15) is 4.79 Å². The zero-order valence-electron chi connectivity index (χ0n) is 6.55. The quantitative estimate of drug-likeness (QED) is 0.544. The molecule has 2 nitrogen and oxygen atoms in total. The maximum atomic E-state index is 10.5. The summed E-state index contributed by atoms with van der Waals surface area (Å²) in [6, 6.07) is 0. The fourth-order valence-electron chi connectivity index (χ4n) is 1.05. The minimum absolute atomic E-state index is 0.177. The van der Waals surface area contributed by atoms with Crippen LogP contribution in [0.2, 0.25) is 0 Å². The average Bonchev–Trinajstić information content (AvgIpc) is 2.66. The zero-order chi connectivity index (χ0) is 7.78. The summed E-state index contributed by atoms with van der Waals surface area (Å²) in [5.74, 6) is 0. The minimum atomic E-state index is -0.177. The van der Waals surface area contributed by atoms with Crippen molar-refractivity contribution in [3.05, 3.63) is 12.3 Å². The molecule has 0 radical (unpaired) electrons. The number of aldehydes is 1. The molecule has 0 saturated heterocycles. The number of hydrogen-bond donors (Lipinski definition) is 0. The number of nitrogens with zero attached hydrogens (tertiary/aromatic N) is 1. The van der Waals surface area contributed by atoms with Crippen molar-refractivity contribution >= 4 is 6.29 Å². The van der Waals surface area contributed by atoms with Crippen LogP contribution in [0.4, 0.5) is 0 Å². The lowest BCUT2D eigenvalue weighted by molar-refractivity contribution is -0.111. The van der Waals surface area contributed by atoms with Gasteiger partial charge in [-0.2, -0.15) is 0 Å². The molecule has 1 fully saturated rings. The molecular formula is C8H13NO. The smallest absolute Gasteiger partial charge is 0.131 e. The largest absolute Gasteiger partial charge is 0.381 e. The third-order valence-electron chi connectivity index (χ3n) is 2.13. The molecule has 1 rings (SSSR count). The molecule has 1 aliphatic rings. The van der Waals surface area contributed by atoms with Crippen molar-refractivity contribution in [2.45, 2.75) is 12.8 Å². The molecule has 1 saturated carbocycles. The normalized spacial score (nSPS) is 19.8. The lowest BCUT2D eigenvalue weighted by Crippen LogP contribution is -2.20. The molecule has 0 aromatic rings. The molecule has 0 heterocycles. The van der Waals surface area contributed by atoms with E-state index in [4.69, 9.17) is 0 Å². The third kappa shape index (κ3) is 0.939. The van der Waals surface area contributed by atoms with E-state index in [1.165, 1.54) is 0 Å². The molecule has 0 aromatic heterocycles. The second kappa shape index (κ2) is 2.11. The monoisotopic (exact) mass is 139 g/mol. The third-order valence-corrected chi connectivity index (χ3v) is 2.13. The number of allylic oxidation sites excluding steroid dienone is 1. The summed E-state index contributed by atoms with van der Waals surface area (Å²) in [5.41, 5.74) is 0.770. The summed E-state index contributed by atoms with van der Waals surface area (Å²) in [5, 5.41) is 0. The summed E-state index contributed by atoms with van der Waals surface area (Å²) in [6.07, 6.45) is 2.98. The molecule has 0 aromatic carbocycles. The van der Waals surface area contributed by atoms with E-state index < -0.39 is 0 Å². The lowest BCUT2D eigenvalue weighted by atomic mass is 10.1. The molecule has 1 aliphatic carbocycles. The Labute approximate surface area is 61.5 Å². The Balaban J connectivity index is 2.64. The molecule has 0 amide bonds. The van der Waals surface area contributed by atoms with Gasteiger partial charge in [-0.3, -0.25) is 0 Å². The molecule has 0 aliphatic heterocycles. The predicted molar refractivity (Wildman–Crippen MR) is 40.6 cm³/mol. The van der Waals surface area contributed by atoms with Crippen LogP contribution >= 0.6 is 0 Å². The van der Waals surface area contributed by atoms with Gasteiger partial charge >= 0.3 is 0 Å². The highest BCUT2D eigenvalue weighted by molar-refractivity contribution is 5.68. The van der Waals surface area contributed by atoms with E-state index in [1.807, 2.05) is 19.0 Å². The Morgan fingerprint density at radius 2 is 2.10 bits per heavy atom. The fourth-order valence-corrected chi connectivity index (χ4v) is 1.05. The second-order valence-corrected chi connectivity index (χ2v) is 3.12. The van der Waals surface area contributed by atoms with Crippen LogP contribution in [0.3, 0.4) is 0 Å². The van der Waals surface area contributed by atoms with E-state index in [0.717, 1.165) is 24.8 Å². The average molecular weight is 139 g/mol. The van der Waals surface area contributed by atoms with Gasteiger partial charge in [0.1, 0.15) is 6.29 Å². The first-order valence-corrected chi connectivity index (χ1v) is 3.45. The van der Waals surface area contributed by atoms with Crippen molar-refractivity contribution in [2.75, 3.05) is 14.1 Å². The summed E-state index contributed by atoms with van der Waals surface area (Å²) in [6.45, 7) is 3.85. The van der Waals surface area contributed by atoms with Crippen molar-refractivity contribution in [1.29, 1.82) is 0 Å². The van der Waals surface area contributed by atoms with Crippen LogP contribution in [-0.4, -0.2) is 25.3 Å². The Morgan fingerprint density at radius 1 is 1.60 bits per heavy atom. The Hall–Kier alpha value is -0.790. The topological polar surface area (TPSA) is 20.3 Å². The molecule has 0 unspecified atom stereocenters. The predicted octanol–water partition coefficient (Wildman–Crippen LogP) is 1.04. The molecule has 10 heavy (non-hydrogen) atoms. The fraction of sp³-hybridized carbons (Fsp3) is 0.625. The molecule has 0 spiro atoms. The van der Waals surface area contributed by atoms with E-state index in [2.05, 4.69) is 6.58 Å². The molecular weight excluding hydrogens is 126 g/mol. The first-order valence-electron chi connectivity index (χ1n) is 3.45. The van der Waals surface area contributed by atoms with Crippen LogP contribution in [0.15, 0.2) is 12.3 Å². The summed E-state index contributed by atoms with van der Waals surface area (Å²) < 4.78 is 0. The maximum absolute atomic E-state index is 10.5. The standard InChI is InChI=1S/C8H13NO/c1-7(9(2)3)8(6-10)4-5-8/h6H,1,4-5H2,2-3H3. The van der Waals surface area contributed by atoms with Crippen LogP contribution < -0.4 is 0 Å². The van der Waals surface area contributed by atoms with Gasteiger partial charge in [0.15, 0.2) is 0 Å². The van der Waals surface area contributed by atoms with Crippen LogP contribution in [-0.2, 0) is 4.79 Å². The molecule has 0 N–H and O–H groups in total. The van der Waals surface area contributed by atoms with Gasteiger partial charge in [0.25, 0.3) is 0 Å². The Kier molecular flexibility index (Phi) is 1.55. The van der Waals surface area contributed by atoms with E-state index in [-0.39, 0.29) is 5.41 Å². The molecule has 0 bridgehead atoms. The number of carbonyl (C=O) groups excluding carboxylic acids is 1. The van der Waals surface area contributed by atoms with Crippen molar-refractivity contribution in [3.8, 4) is 0 Å². The Bertz CT molecular complexity index is 168. The van der Waals surface area contributed by atoms with Gasteiger partial charge < -0.3 is 9.69 Å². The first kappa shape index (κ1) is 7.32.